The first-order valence-electron chi connectivity index (χ1n) is 14.7. The van der Waals surface area contributed by atoms with Gasteiger partial charge in [-0.2, -0.15) is 0 Å². The minimum Gasteiger partial charge on any atom is -0.382 e. The summed E-state index contributed by atoms with van der Waals surface area (Å²) in [6.45, 7) is 20.1. The lowest BCUT2D eigenvalue weighted by molar-refractivity contribution is 0.306. The van der Waals surface area contributed by atoms with Gasteiger partial charge in [0.2, 0.25) is 0 Å². The van der Waals surface area contributed by atoms with Crippen molar-refractivity contribution >= 4 is 29.1 Å². The number of hydrogen-bond acceptors (Lipinski definition) is 16. The van der Waals surface area contributed by atoms with Crippen LogP contribution in [-0.4, -0.2) is 82.7 Å². The van der Waals surface area contributed by atoms with Crippen molar-refractivity contribution in [2.75, 3.05) is 36.8 Å². The first kappa shape index (κ1) is 34.5. The van der Waals surface area contributed by atoms with Gasteiger partial charge in [0.1, 0.15) is 0 Å². The molecule has 0 radical (unpaired) electrons. The Morgan fingerprint density at radius 3 is 1.93 bits per heavy atom. The van der Waals surface area contributed by atoms with Gasteiger partial charge in [0, 0.05) is 32.4 Å². The summed E-state index contributed by atoms with van der Waals surface area (Å²) >= 11 is 0. The number of amidine groups is 2. The summed E-state index contributed by atoms with van der Waals surface area (Å²) in [5, 5.41) is 21.6. The fourth-order valence-electron chi connectivity index (χ4n) is 4.25. The van der Waals surface area contributed by atoms with Gasteiger partial charge in [0.05, 0.1) is 11.7 Å². The maximum absolute atomic E-state index is 5.68. The SMILES string of the molecule is CC(C)CN1CC(C)N=C1c1nonc1N.CC(C)CN=C(N)c1nonc1N.Cc1cn(CC(C)C)c(-c2nonc2N)n1. The van der Waals surface area contributed by atoms with E-state index in [1.807, 2.05) is 31.5 Å². The molecule has 0 aliphatic carbocycles. The normalized spacial score (nSPS) is 14.9. The molecular formula is C27H45N15O3. The molecule has 8 N–H and O–H groups in total. The first-order chi connectivity index (χ1) is 21.3. The van der Waals surface area contributed by atoms with E-state index in [0.29, 0.717) is 53.0 Å². The Balaban J connectivity index is 0.000000185. The Kier molecular flexibility index (Phi) is 12.0. The lowest BCUT2D eigenvalue weighted by Gasteiger charge is -2.21. The van der Waals surface area contributed by atoms with Crippen LogP contribution in [0.15, 0.2) is 30.1 Å². The van der Waals surface area contributed by atoms with Crippen LogP contribution in [0.3, 0.4) is 0 Å². The lowest BCUT2D eigenvalue weighted by atomic mass is 10.2. The van der Waals surface area contributed by atoms with Gasteiger partial charge in [-0.25, -0.2) is 18.9 Å². The molecule has 0 aromatic carbocycles. The Labute approximate surface area is 261 Å². The van der Waals surface area contributed by atoms with Gasteiger partial charge < -0.3 is 32.4 Å². The standard InChI is InChI=1S/C10H17N5O.C10H15N5O.C7H13N5O/c2*1-6(2)4-15-5-7(3)12-10(15)8-9(11)14-16-13-8;1-4(2)3-10-6(8)5-7(9)12-13-11-5/h6-7H,4-5H2,1-3H3,(H2,11,14);5-6H,4H2,1-3H3,(H2,11,14);4H,3H2,1-2H3,(H2,8,10)(H2,9,12). The lowest BCUT2D eigenvalue weighted by Crippen LogP contribution is -2.33. The minimum absolute atomic E-state index is 0.171. The number of aromatic nitrogens is 8. The molecule has 18 heteroatoms. The van der Waals surface area contributed by atoms with E-state index in [1.54, 1.807) is 0 Å². The number of hydrogen-bond donors (Lipinski definition) is 4. The average molecular weight is 628 g/mol. The molecule has 1 unspecified atom stereocenters. The molecule has 0 spiro atoms. The van der Waals surface area contributed by atoms with Crippen LogP contribution in [0.25, 0.3) is 11.5 Å². The molecule has 5 heterocycles. The van der Waals surface area contributed by atoms with E-state index in [9.17, 15) is 0 Å². The van der Waals surface area contributed by atoms with Crippen LogP contribution < -0.4 is 22.9 Å². The zero-order chi connectivity index (χ0) is 33.3. The second-order valence-corrected chi connectivity index (χ2v) is 12.0. The Hall–Kier alpha value is -5.03. The molecule has 4 aromatic rings. The minimum atomic E-state index is 0.171. The van der Waals surface area contributed by atoms with E-state index >= 15 is 0 Å². The van der Waals surface area contributed by atoms with E-state index in [0.717, 1.165) is 31.2 Å². The summed E-state index contributed by atoms with van der Waals surface area (Å²) in [5.41, 5.74) is 24.7. The summed E-state index contributed by atoms with van der Waals surface area (Å²) in [6.07, 6.45) is 1.98. The van der Waals surface area contributed by atoms with Crippen LogP contribution in [0, 0.1) is 24.7 Å². The largest absolute Gasteiger partial charge is 0.382 e. The number of aliphatic imine (C=N–C) groups is 2. The third kappa shape index (κ3) is 9.73. The van der Waals surface area contributed by atoms with Crippen LogP contribution in [0.5, 0.6) is 0 Å². The molecule has 0 fully saturated rings. The van der Waals surface area contributed by atoms with Gasteiger partial charge in [-0.05, 0) is 62.5 Å². The van der Waals surface area contributed by atoms with Crippen molar-refractivity contribution in [1.82, 2.24) is 45.4 Å². The van der Waals surface area contributed by atoms with Crippen molar-refractivity contribution < 1.29 is 13.9 Å². The van der Waals surface area contributed by atoms with Crippen molar-refractivity contribution in [3.8, 4) is 11.5 Å². The molecule has 5 rings (SSSR count). The molecule has 246 valence electrons. The summed E-state index contributed by atoms with van der Waals surface area (Å²) < 4.78 is 15.6. The van der Waals surface area contributed by atoms with Gasteiger partial charge in [-0.1, -0.05) is 41.5 Å². The molecule has 45 heavy (non-hydrogen) atoms. The highest BCUT2D eigenvalue weighted by atomic mass is 16.6. The summed E-state index contributed by atoms with van der Waals surface area (Å²) in [7, 11) is 0. The highest BCUT2D eigenvalue weighted by Gasteiger charge is 2.28. The molecule has 18 nitrogen and oxygen atoms in total. The van der Waals surface area contributed by atoms with E-state index in [1.165, 1.54) is 0 Å². The summed E-state index contributed by atoms with van der Waals surface area (Å²) in [6, 6.07) is 0.268. The van der Waals surface area contributed by atoms with E-state index < -0.39 is 0 Å². The first-order valence-corrected chi connectivity index (χ1v) is 14.7. The second kappa shape index (κ2) is 15.6. The van der Waals surface area contributed by atoms with Crippen LogP contribution in [-0.2, 0) is 6.54 Å². The van der Waals surface area contributed by atoms with Crippen LogP contribution >= 0.6 is 0 Å². The van der Waals surface area contributed by atoms with E-state index in [2.05, 4.69) is 99.3 Å². The van der Waals surface area contributed by atoms with Crippen molar-refractivity contribution in [2.24, 2.45) is 33.5 Å². The molecular weight excluding hydrogens is 582 g/mol. The monoisotopic (exact) mass is 627 g/mol. The quantitative estimate of drug-likeness (QED) is 0.153. The molecule has 1 atom stereocenters. The Bertz CT molecular complexity index is 1550. The number of rotatable bonds is 9. The van der Waals surface area contributed by atoms with Crippen LogP contribution in [0.4, 0.5) is 17.5 Å². The number of anilines is 3. The van der Waals surface area contributed by atoms with Crippen LogP contribution in [0.1, 0.15) is 65.5 Å². The molecule has 0 saturated carbocycles. The highest BCUT2D eigenvalue weighted by molar-refractivity contribution is 6.01. The topological polar surface area (TPSA) is 267 Å². The highest BCUT2D eigenvalue weighted by Crippen LogP contribution is 2.22. The summed E-state index contributed by atoms with van der Waals surface area (Å²) in [4.78, 5) is 15.2. The van der Waals surface area contributed by atoms with Crippen molar-refractivity contribution in [3.05, 3.63) is 23.3 Å². The van der Waals surface area contributed by atoms with E-state index in [-0.39, 0.29) is 23.5 Å². The van der Waals surface area contributed by atoms with E-state index in [4.69, 9.17) is 22.9 Å². The Morgan fingerprint density at radius 2 is 1.42 bits per heavy atom. The number of imidazole rings is 1. The third-order valence-electron chi connectivity index (χ3n) is 6.01. The molecule has 1 aliphatic rings. The van der Waals surface area contributed by atoms with Gasteiger partial charge in [0.15, 0.2) is 52.0 Å². The smallest absolute Gasteiger partial charge is 0.199 e. The van der Waals surface area contributed by atoms with Gasteiger partial charge >= 0.3 is 0 Å². The molecule has 0 saturated heterocycles. The van der Waals surface area contributed by atoms with Crippen molar-refractivity contribution in [2.45, 2.75) is 68.0 Å². The maximum Gasteiger partial charge on any atom is 0.199 e. The third-order valence-corrected chi connectivity index (χ3v) is 6.01. The number of aryl methyl sites for hydroxylation is 1. The number of nitrogens with zero attached hydrogens (tertiary/aromatic N) is 11. The summed E-state index contributed by atoms with van der Waals surface area (Å²) in [5.74, 6) is 4.07. The van der Waals surface area contributed by atoms with Gasteiger partial charge in [-0.3, -0.25) is 9.98 Å². The molecule has 0 amide bonds. The predicted molar refractivity (Wildman–Crippen MR) is 170 cm³/mol. The number of nitrogens with two attached hydrogens (primary N) is 4. The van der Waals surface area contributed by atoms with Crippen molar-refractivity contribution in [3.63, 3.8) is 0 Å². The molecule has 1 aliphatic heterocycles. The Morgan fingerprint density at radius 1 is 0.844 bits per heavy atom. The van der Waals surface area contributed by atoms with Gasteiger partial charge in [-0.15, -0.1) is 0 Å². The van der Waals surface area contributed by atoms with Gasteiger partial charge in [0.25, 0.3) is 0 Å². The molecule has 4 aromatic heterocycles. The maximum atomic E-state index is 5.68. The predicted octanol–water partition coefficient (Wildman–Crippen LogP) is 2.25. The van der Waals surface area contributed by atoms with Crippen molar-refractivity contribution in [1.29, 1.82) is 0 Å². The zero-order valence-electron chi connectivity index (χ0n) is 27.2. The fraction of sp³-hybridized carbons (Fsp3) is 0.593. The second-order valence-electron chi connectivity index (χ2n) is 12.0. The van der Waals surface area contributed by atoms with Crippen LogP contribution in [0.2, 0.25) is 0 Å². The molecule has 0 bridgehead atoms. The number of nitrogen functional groups attached to an aromatic ring is 3. The zero-order valence-corrected chi connectivity index (χ0v) is 27.2. The fourth-order valence-corrected chi connectivity index (χ4v) is 4.25. The average Bonchev–Trinajstić information content (AvgIpc) is 3.78.